The van der Waals surface area contributed by atoms with Crippen molar-refractivity contribution in [1.29, 1.82) is 0 Å². The fraction of sp³-hybridized carbons (Fsp3) is 0.529. The van der Waals surface area contributed by atoms with Crippen LogP contribution in [-0.4, -0.2) is 42.1 Å². The maximum atomic E-state index is 12.8. The highest BCUT2D eigenvalue weighted by Gasteiger charge is 2.55. The van der Waals surface area contributed by atoms with Crippen LogP contribution in [0.4, 0.5) is 0 Å². The number of methoxy groups -OCH3 is 1. The van der Waals surface area contributed by atoms with Crippen molar-refractivity contribution in [3.05, 3.63) is 35.4 Å². The molecule has 5 heteroatoms. The average molecular weight is 303 g/mol. The average Bonchev–Trinajstić information content (AvgIpc) is 3.05. The minimum Gasteiger partial charge on any atom is -0.481 e. The SMILES string of the molecule is COCc1ccccc1C(=O)N1C[C@@H]2CCC[C@@]2(C(=O)O)C1. The molecule has 1 aromatic rings. The Kier molecular flexibility index (Phi) is 3.91. The Hall–Kier alpha value is -1.88. The molecule has 0 radical (unpaired) electrons. The highest BCUT2D eigenvalue weighted by molar-refractivity contribution is 5.96. The molecule has 2 fully saturated rings. The van der Waals surface area contributed by atoms with Crippen LogP contribution in [0.3, 0.4) is 0 Å². The number of likely N-dealkylation sites (tertiary alicyclic amines) is 1. The van der Waals surface area contributed by atoms with Gasteiger partial charge in [-0.3, -0.25) is 9.59 Å². The number of nitrogens with zero attached hydrogens (tertiary/aromatic N) is 1. The fourth-order valence-corrected chi connectivity index (χ4v) is 3.97. The lowest BCUT2D eigenvalue weighted by molar-refractivity contribution is -0.149. The number of ether oxygens (including phenoxy) is 1. The summed E-state index contributed by atoms with van der Waals surface area (Å²) in [5.74, 6) is -0.748. The largest absolute Gasteiger partial charge is 0.481 e. The van der Waals surface area contributed by atoms with E-state index < -0.39 is 11.4 Å². The molecule has 2 atom stereocenters. The normalized spacial score (nSPS) is 27.0. The Morgan fingerprint density at radius 2 is 2.18 bits per heavy atom. The minimum atomic E-state index is -0.754. The van der Waals surface area contributed by atoms with Gasteiger partial charge in [-0.15, -0.1) is 0 Å². The summed E-state index contributed by atoms with van der Waals surface area (Å²) in [6, 6.07) is 7.37. The van der Waals surface area contributed by atoms with Crippen LogP contribution in [0, 0.1) is 11.3 Å². The molecule has 1 heterocycles. The fourth-order valence-electron chi connectivity index (χ4n) is 3.97. The Morgan fingerprint density at radius 1 is 1.41 bits per heavy atom. The van der Waals surface area contributed by atoms with Crippen molar-refractivity contribution in [2.75, 3.05) is 20.2 Å². The lowest BCUT2D eigenvalue weighted by atomic mass is 9.81. The van der Waals surface area contributed by atoms with Crippen molar-refractivity contribution in [2.45, 2.75) is 25.9 Å². The molecule has 0 unspecified atom stereocenters. The van der Waals surface area contributed by atoms with Crippen LogP contribution in [0.25, 0.3) is 0 Å². The number of aliphatic carboxylic acids is 1. The lowest BCUT2D eigenvalue weighted by Gasteiger charge is -2.23. The van der Waals surface area contributed by atoms with Gasteiger partial charge in [0.25, 0.3) is 5.91 Å². The highest BCUT2D eigenvalue weighted by Crippen LogP contribution is 2.49. The van der Waals surface area contributed by atoms with E-state index in [9.17, 15) is 14.7 Å². The van der Waals surface area contributed by atoms with Gasteiger partial charge in [0.1, 0.15) is 0 Å². The molecule has 1 aromatic carbocycles. The molecule has 5 nitrogen and oxygen atoms in total. The molecule has 1 amide bonds. The summed E-state index contributed by atoms with van der Waals surface area (Å²) in [4.78, 5) is 26.3. The lowest BCUT2D eigenvalue weighted by Crippen LogP contribution is -2.37. The zero-order valence-corrected chi connectivity index (χ0v) is 12.7. The van der Waals surface area contributed by atoms with E-state index in [-0.39, 0.29) is 11.8 Å². The van der Waals surface area contributed by atoms with Gasteiger partial charge < -0.3 is 14.7 Å². The molecule has 1 saturated carbocycles. The zero-order valence-electron chi connectivity index (χ0n) is 12.7. The van der Waals surface area contributed by atoms with Crippen molar-refractivity contribution in [1.82, 2.24) is 4.90 Å². The molecule has 1 saturated heterocycles. The number of carboxylic acids is 1. The Labute approximate surface area is 129 Å². The molecule has 0 bridgehead atoms. The molecule has 1 aliphatic heterocycles. The molecular formula is C17H21NO4. The number of hydrogen-bond donors (Lipinski definition) is 1. The van der Waals surface area contributed by atoms with Gasteiger partial charge in [-0.05, 0) is 30.4 Å². The smallest absolute Gasteiger partial charge is 0.311 e. The molecule has 0 aromatic heterocycles. The van der Waals surface area contributed by atoms with Crippen LogP contribution in [0.2, 0.25) is 0 Å². The van der Waals surface area contributed by atoms with Gasteiger partial charge in [-0.1, -0.05) is 24.6 Å². The predicted octanol–water partition coefficient (Wildman–Crippen LogP) is 2.16. The third kappa shape index (κ3) is 2.29. The maximum Gasteiger partial charge on any atom is 0.311 e. The zero-order chi connectivity index (χ0) is 15.7. The van der Waals surface area contributed by atoms with E-state index >= 15 is 0 Å². The summed E-state index contributed by atoms with van der Waals surface area (Å²) in [7, 11) is 1.60. The molecule has 2 aliphatic rings. The molecule has 3 rings (SSSR count). The first kappa shape index (κ1) is 15.0. The molecule has 0 spiro atoms. The summed E-state index contributed by atoms with van der Waals surface area (Å²) in [5, 5.41) is 9.63. The number of rotatable bonds is 4. The van der Waals surface area contributed by atoms with Crippen LogP contribution in [-0.2, 0) is 16.1 Å². The van der Waals surface area contributed by atoms with E-state index in [0.29, 0.717) is 31.7 Å². The number of carbonyl (C=O) groups is 2. The van der Waals surface area contributed by atoms with Crippen molar-refractivity contribution in [2.24, 2.45) is 11.3 Å². The van der Waals surface area contributed by atoms with Gasteiger partial charge in [0.05, 0.1) is 12.0 Å². The van der Waals surface area contributed by atoms with E-state index in [1.54, 1.807) is 18.1 Å². The van der Waals surface area contributed by atoms with Crippen molar-refractivity contribution in [3.8, 4) is 0 Å². The van der Waals surface area contributed by atoms with Crippen LogP contribution in [0.5, 0.6) is 0 Å². The molecule has 22 heavy (non-hydrogen) atoms. The summed E-state index contributed by atoms with van der Waals surface area (Å²) in [6.07, 6.45) is 2.52. The number of amides is 1. The number of carbonyl (C=O) groups excluding carboxylic acids is 1. The van der Waals surface area contributed by atoms with Crippen molar-refractivity contribution in [3.63, 3.8) is 0 Å². The third-order valence-electron chi connectivity index (χ3n) is 5.13. The molecule has 1 aliphatic carbocycles. The van der Waals surface area contributed by atoms with Gasteiger partial charge in [0.2, 0.25) is 0 Å². The van der Waals surface area contributed by atoms with E-state index in [0.717, 1.165) is 18.4 Å². The predicted molar refractivity (Wildman–Crippen MR) is 80.5 cm³/mol. The quantitative estimate of drug-likeness (QED) is 0.925. The van der Waals surface area contributed by atoms with E-state index in [1.807, 2.05) is 18.2 Å². The number of benzene rings is 1. The van der Waals surface area contributed by atoms with E-state index in [1.165, 1.54) is 0 Å². The van der Waals surface area contributed by atoms with Crippen molar-refractivity contribution >= 4 is 11.9 Å². The second kappa shape index (κ2) is 5.72. The Bertz CT molecular complexity index is 600. The standard InChI is InChI=1S/C17H21NO4/c1-22-10-12-5-2-3-7-14(12)15(19)18-9-13-6-4-8-17(13,11-18)16(20)21/h2-3,5,7,13H,4,6,8-11H2,1H3,(H,20,21)/t13-,17+/m0/s1. The first-order chi connectivity index (χ1) is 10.6. The van der Waals surface area contributed by atoms with Crippen LogP contribution >= 0.6 is 0 Å². The van der Waals surface area contributed by atoms with Crippen LogP contribution in [0.1, 0.15) is 35.2 Å². The summed E-state index contributed by atoms with van der Waals surface area (Å²) < 4.78 is 5.15. The summed E-state index contributed by atoms with van der Waals surface area (Å²) in [6.45, 7) is 1.25. The van der Waals surface area contributed by atoms with Gasteiger partial charge in [0.15, 0.2) is 0 Å². The Morgan fingerprint density at radius 3 is 2.86 bits per heavy atom. The minimum absolute atomic E-state index is 0.0809. The summed E-state index contributed by atoms with van der Waals surface area (Å²) in [5.41, 5.74) is 0.729. The number of carboxylic acid groups (broad SMARTS) is 1. The Balaban J connectivity index is 1.84. The van der Waals surface area contributed by atoms with E-state index in [2.05, 4.69) is 0 Å². The van der Waals surface area contributed by atoms with Gasteiger partial charge in [-0.2, -0.15) is 0 Å². The van der Waals surface area contributed by atoms with Crippen LogP contribution in [0.15, 0.2) is 24.3 Å². The summed E-state index contributed by atoms with van der Waals surface area (Å²) >= 11 is 0. The first-order valence-corrected chi connectivity index (χ1v) is 7.68. The molecular weight excluding hydrogens is 282 g/mol. The van der Waals surface area contributed by atoms with Gasteiger partial charge in [0, 0.05) is 25.8 Å². The second-order valence-electron chi connectivity index (χ2n) is 6.33. The first-order valence-electron chi connectivity index (χ1n) is 7.68. The van der Waals surface area contributed by atoms with E-state index in [4.69, 9.17) is 4.74 Å². The topological polar surface area (TPSA) is 66.8 Å². The van der Waals surface area contributed by atoms with Crippen molar-refractivity contribution < 1.29 is 19.4 Å². The van der Waals surface area contributed by atoms with Crippen LogP contribution < -0.4 is 0 Å². The monoisotopic (exact) mass is 303 g/mol. The van der Waals surface area contributed by atoms with Gasteiger partial charge in [-0.25, -0.2) is 0 Å². The molecule has 1 N–H and O–H groups in total. The third-order valence-corrected chi connectivity index (χ3v) is 5.13. The van der Waals surface area contributed by atoms with Gasteiger partial charge >= 0.3 is 5.97 Å². The second-order valence-corrected chi connectivity index (χ2v) is 6.33. The number of hydrogen-bond acceptors (Lipinski definition) is 3. The highest BCUT2D eigenvalue weighted by atomic mass is 16.5. The number of fused-ring (bicyclic) bond motifs is 1. The maximum absolute atomic E-state index is 12.8. The molecule has 118 valence electrons.